The van der Waals surface area contributed by atoms with E-state index in [2.05, 4.69) is 11.4 Å². The van der Waals surface area contributed by atoms with Gasteiger partial charge in [-0.3, -0.25) is 9.59 Å². The smallest absolute Gasteiger partial charge is 0.242 e. The standard InChI is InChI=1S/C26H26Cl2N2O2S/c1-2-12-29(24(31)15-18-6-4-3-5-7-18)17-25(32)30-13-10-23-21(11-14-33-23)26(30)20-9-8-19(27)16-22(20)28/h3-9,11,14,16,26H,2,10,12-13,15,17H2,1H3. The number of carbonyl (C=O) groups excluding carboxylic acids is 2. The third kappa shape index (κ3) is 5.43. The number of rotatable bonds is 7. The number of halogens is 2. The Morgan fingerprint density at radius 1 is 1.09 bits per heavy atom. The predicted octanol–water partition coefficient (Wildman–Crippen LogP) is 6.01. The van der Waals surface area contributed by atoms with E-state index in [1.165, 1.54) is 4.88 Å². The molecule has 0 radical (unpaired) electrons. The lowest BCUT2D eigenvalue weighted by Gasteiger charge is -2.38. The fraction of sp³-hybridized carbons (Fsp3) is 0.308. The van der Waals surface area contributed by atoms with E-state index in [4.69, 9.17) is 23.2 Å². The molecule has 1 atom stereocenters. The van der Waals surface area contributed by atoms with Crippen LogP contribution in [0.5, 0.6) is 0 Å². The molecule has 2 heterocycles. The first-order chi connectivity index (χ1) is 16.0. The molecule has 2 aromatic carbocycles. The number of fused-ring (bicyclic) bond motifs is 1. The van der Waals surface area contributed by atoms with Gasteiger partial charge in [-0.1, -0.05) is 66.5 Å². The molecule has 0 saturated heterocycles. The minimum Gasteiger partial charge on any atom is -0.333 e. The average Bonchev–Trinajstić information content (AvgIpc) is 3.28. The highest BCUT2D eigenvalue weighted by molar-refractivity contribution is 7.10. The van der Waals surface area contributed by atoms with Crippen LogP contribution in [0.1, 0.15) is 41.0 Å². The summed E-state index contributed by atoms with van der Waals surface area (Å²) >= 11 is 14.4. The van der Waals surface area contributed by atoms with Gasteiger partial charge < -0.3 is 9.80 Å². The van der Waals surface area contributed by atoms with Crippen molar-refractivity contribution < 1.29 is 9.59 Å². The summed E-state index contributed by atoms with van der Waals surface area (Å²) in [6.45, 7) is 3.20. The van der Waals surface area contributed by atoms with Crippen LogP contribution in [0.4, 0.5) is 0 Å². The van der Waals surface area contributed by atoms with E-state index in [0.717, 1.165) is 29.5 Å². The molecule has 0 N–H and O–H groups in total. The van der Waals surface area contributed by atoms with Gasteiger partial charge >= 0.3 is 0 Å². The van der Waals surface area contributed by atoms with Crippen LogP contribution >= 0.6 is 34.5 Å². The minimum atomic E-state index is -0.287. The molecular formula is C26H26Cl2N2O2S. The summed E-state index contributed by atoms with van der Waals surface area (Å²) in [5.41, 5.74) is 2.90. The number of hydrogen-bond donors (Lipinski definition) is 0. The fourth-order valence-electron chi connectivity index (χ4n) is 4.34. The Morgan fingerprint density at radius 3 is 2.61 bits per heavy atom. The van der Waals surface area contributed by atoms with E-state index < -0.39 is 0 Å². The molecule has 4 rings (SSSR count). The summed E-state index contributed by atoms with van der Waals surface area (Å²) < 4.78 is 0. The Labute approximate surface area is 208 Å². The van der Waals surface area contributed by atoms with Crippen molar-refractivity contribution in [2.75, 3.05) is 19.6 Å². The van der Waals surface area contributed by atoms with E-state index in [9.17, 15) is 9.59 Å². The van der Waals surface area contributed by atoms with E-state index >= 15 is 0 Å². The van der Waals surface area contributed by atoms with E-state index in [1.54, 1.807) is 28.4 Å². The first kappa shape index (κ1) is 23.8. The molecule has 2 amide bonds. The van der Waals surface area contributed by atoms with Gasteiger partial charge in [0.25, 0.3) is 0 Å². The summed E-state index contributed by atoms with van der Waals surface area (Å²) in [6.07, 6.45) is 1.87. The van der Waals surface area contributed by atoms with E-state index in [1.807, 2.05) is 48.2 Å². The SMILES string of the molecule is CCCN(CC(=O)N1CCc2sccc2C1c1ccc(Cl)cc1Cl)C(=O)Cc1ccccc1. The second-order valence-electron chi connectivity index (χ2n) is 8.18. The third-order valence-electron chi connectivity index (χ3n) is 5.91. The molecule has 1 aromatic heterocycles. The van der Waals surface area contributed by atoms with Crippen molar-refractivity contribution in [3.63, 3.8) is 0 Å². The van der Waals surface area contributed by atoms with Gasteiger partial charge in [0, 0.05) is 28.0 Å². The highest BCUT2D eigenvalue weighted by Crippen LogP contribution is 2.41. The highest BCUT2D eigenvalue weighted by atomic mass is 35.5. The fourth-order valence-corrected chi connectivity index (χ4v) is 5.76. The van der Waals surface area contributed by atoms with Crippen molar-refractivity contribution in [2.45, 2.75) is 32.2 Å². The zero-order valence-electron chi connectivity index (χ0n) is 18.5. The first-order valence-electron chi connectivity index (χ1n) is 11.1. The van der Waals surface area contributed by atoms with Gasteiger partial charge in [-0.2, -0.15) is 0 Å². The molecule has 33 heavy (non-hydrogen) atoms. The molecule has 0 spiro atoms. The quantitative estimate of drug-likeness (QED) is 0.398. The zero-order valence-corrected chi connectivity index (χ0v) is 20.8. The van der Waals surface area contributed by atoms with Crippen molar-refractivity contribution >= 4 is 46.4 Å². The minimum absolute atomic E-state index is 0.0364. The molecule has 0 bridgehead atoms. The first-order valence-corrected chi connectivity index (χ1v) is 12.7. The number of nitrogens with zero attached hydrogens (tertiary/aromatic N) is 2. The lowest BCUT2D eigenvalue weighted by molar-refractivity contribution is -0.141. The Hall–Kier alpha value is -2.34. The van der Waals surface area contributed by atoms with Crippen LogP contribution in [0.3, 0.4) is 0 Å². The number of hydrogen-bond acceptors (Lipinski definition) is 3. The van der Waals surface area contributed by atoms with Gasteiger partial charge in [-0.05, 0) is 53.1 Å². The van der Waals surface area contributed by atoms with Crippen LogP contribution < -0.4 is 0 Å². The summed E-state index contributed by atoms with van der Waals surface area (Å²) in [4.78, 5) is 31.5. The van der Waals surface area contributed by atoms with Crippen molar-refractivity contribution in [1.82, 2.24) is 9.80 Å². The third-order valence-corrected chi connectivity index (χ3v) is 7.47. The molecule has 0 aliphatic carbocycles. The van der Waals surface area contributed by atoms with Crippen molar-refractivity contribution in [3.05, 3.63) is 91.6 Å². The maximum absolute atomic E-state index is 13.6. The molecule has 172 valence electrons. The van der Waals surface area contributed by atoms with Gasteiger partial charge in [0.2, 0.25) is 11.8 Å². The van der Waals surface area contributed by atoms with Crippen molar-refractivity contribution in [1.29, 1.82) is 0 Å². The maximum Gasteiger partial charge on any atom is 0.242 e. The van der Waals surface area contributed by atoms with Gasteiger partial charge in [0.1, 0.15) is 0 Å². The molecule has 1 unspecified atom stereocenters. The van der Waals surface area contributed by atoms with Crippen molar-refractivity contribution in [3.8, 4) is 0 Å². The van der Waals surface area contributed by atoms with Gasteiger partial charge in [-0.25, -0.2) is 0 Å². The molecule has 0 fully saturated rings. The van der Waals surface area contributed by atoms with Crippen LogP contribution in [0.15, 0.2) is 60.0 Å². The lowest BCUT2D eigenvalue weighted by Crippen LogP contribution is -2.47. The lowest BCUT2D eigenvalue weighted by atomic mass is 9.93. The second kappa shape index (κ2) is 10.7. The summed E-state index contributed by atoms with van der Waals surface area (Å²) in [5.74, 6) is -0.108. The van der Waals surface area contributed by atoms with Crippen LogP contribution in [-0.4, -0.2) is 41.2 Å². The maximum atomic E-state index is 13.6. The van der Waals surface area contributed by atoms with Crippen LogP contribution in [0.25, 0.3) is 0 Å². The molecule has 1 aliphatic rings. The normalized spacial score (nSPS) is 15.2. The van der Waals surface area contributed by atoms with E-state index in [-0.39, 0.29) is 30.8 Å². The van der Waals surface area contributed by atoms with E-state index in [0.29, 0.717) is 23.1 Å². The number of amides is 2. The monoisotopic (exact) mass is 500 g/mol. The van der Waals surface area contributed by atoms with Crippen molar-refractivity contribution in [2.24, 2.45) is 0 Å². The molecule has 0 saturated carbocycles. The summed E-state index contributed by atoms with van der Waals surface area (Å²) in [5, 5.41) is 3.15. The summed E-state index contributed by atoms with van der Waals surface area (Å²) in [6, 6.07) is 16.8. The Morgan fingerprint density at radius 2 is 1.88 bits per heavy atom. The predicted molar refractivity (Wildman–Crippen MR) is 135 cm³/mol. The summed E-state index contributed by atoms with van der Waals surface area (Å²) in [7, 11) is 0. The Balaban J connectivity index is 1.58. The topological polar surface area (TPSA) is 40.6 Å². The van der Waals surface area contributed by atoms with Crippen LogP contribution in [-0.2, 0) is 22.4 Å². The molecule has 3 aromatic rings. The molecule has 7 heteroatoms. The number of carbonyl (C=O) groups is 2. The van der Waals surface area contributed by atoms with Gasteiger partial charge in [0.15, 0.2) is 0 Å². The van der Waals surface area contributed by atoms with Crippen LogP contribution in [0.2, 0.25) is 10.0 Å². The second-order valence-corrected chi connectivity index (χ2v) is 10.0. The Bertz CT molecular complexity index is 1130. The number of benzene rings is 2. The Kier molecular flexibility index (Phi) is 7.74. The molecule has 4 nitrogen and oxygen atoms in total. The highest BCUT2D eigenvalue weighted by Gasteiger charge is 2.35. The number of thiophene rings is 1. The van der Waals surface area contributed by atoms with Gasteiger partial charge in [-0.15, -0.1) is 11.3 Å². The molecule has 1 aliphatic heterocycles. The van der Waals surface area contributed by atoms with Gasteiger partial charge in [0.05, 0.1) is 19.0 Å². The largest absolute Gasteiger partial charge is 0.333 e. The average molecular weight is 501 g/mol. The van der Waals surface area contributed by atoms with Crippen LogP contribution in [0, 0.1) is 0 Å². The zero-order chi connectivity index (χ0) is 23.4. The molecular weight excluding hydrogens is 475 g/mol.